The van der Waals surface area contributed by atoms with Crippen LogP contribution in [0, 0.1) is 13.3 Å². The number of nitrogens with zero attached hydrogens (tertiary/aromatic N) is 2. The first-order valence-electron chi connectivity index (χ1n) is 6.36. The van der Waals surface area contributed by atoms with Crippen LogP contribution in [-0.4, -0.2) is 34.0 Å². The molecule has 0 saturated carbocycles. The standard InChI is InChI=1S/C14H15N4O2/c1-7-5-8-3-4-10(19)18(2)6-9(8)11-12(7)16-17-13(11)14(15)20/h4-5H,3,6H2,1-2H3,(H2,15,20)(H,16,17). The summed E-state index contributed by atoms with van der Waals surface area (Å²) >= 11 is 0. The van der Waals surface area contributed by atoms with Crippen LogP contribution < -0.4 is 5.73 Å². The molecule has 0 spiro atoms. The SMILES string of the molecule is Cc1cc2c(c3c(C(N)=O)n[nH]c13)CN(C)C(=O)[CH]C2. The van der Waals surface area contributed by atoms with Gasteiger partial charge in [0.2, 0.25) is 5.91 Å². The molecule has 0 saturated heterocycles. The van der Waals surface area contributed by atoms with Crippen molar-refractivity contribution in [3.63, 3.8) is 0 Å². The molecule has 3 rings (SSSR count). The van der Waals surface area contributed by atoms with E-state index in [0.29, 0.717) is 13.0 Å². The largest absolute Gasteiger partial charge is 0.364 e. The van der Waals surface area contributed by atoms with E-state index in [-0.39, 0.29) is 11.6 Å². The summed E-state index contributed by atoms with van der Waals surface area (Å²) in [6.45, 7) is 2.39. The Bertz CT molecular complexity index is 732. The summed E-state index contributed by atoms with van der Waals surface area (Å²) < 4.78 is 0. The van der Waals surface area contributed by atoms with Gasteiger partial charge in [0.25, 0.3) is 5.91 Å². The Morgan fingerprint density at radius 1 is 1.50 bits per heavy atom. The number of aromatic amines is 1. The Balaban J connectivity index is 2.33. The molecule has 0 fully saturated rings. The average Bonchev–Trinajstić information content (AvgIpc) is 2.79. The Hall–Kier alpha value is -2.37. The van der Waals surface area contributed by atoms with Crippen LogP contribution in [0.15, 0.2) is 6.07 Å². The van der Waals surface area contributed by atoms with Crippen LogP contribution in [0.5, 0.6) is 0 Å². The number of nitrogens with two attached hydrogens (primary N) is 1. The van der Waals surface area contributed by atoms with Crippen LogP contribution in [-0.2, 0) is 17.8 Å². The predicted octanol–water partition coefficient (Wildman–Crippen LogP) is 0.689. The highest BCUT2D eigenvalue weighted by atomic mass is 16.2. The lowest BCUT2D eigenvalue weighted by molar-refractivity contribution is -0.126. The summed E-state index contributed by atoms with van der Waals surface area (Å²) in [5.74, 6) is -0.581. The smallest absolute Gasteiger partial charge is 0.269 e. The van der Waals surface area contributed by atoms with Gasteiger partial charge in [0.05, 0.1) is 11.9 Å². The van der Waals surface area contributed by atoms with Gasteiger partial charge in [-0.1, -0.05) is 6.07 Å². The molecule has 1 radical (unpaired) electrons. The maximum absolute atomic E-state index is 11.8. The number of benzene rings is 1. The van der Waals surface area contributed by atoms with Crippen molar-refractivity contribution in [2.24, 2.45) is 5.73 Å². The fourth-order valence-electron chi connectivity index (χ4n) is 2.71. The van der Waals surface area contributed by atoms with Crippen LogP contribution in [0.4, 0.5) is 0 Å². The molecule has 0 aliphatic carbocycles. The number of carbonyl (C=O) groups excluding carboxylic acids is 2. The minimum Gasteiger partial charge on any atom is -0.364 e. The molecular weight excluding hydrogens is 256 g/mol. The number of aryl methyl sites for hydroxylation is 1. The van der Waals surface area contributed by atoms with Gasteiger partial charge in [0, 0.05) is 19.0 Å². The number of aromatic nitrogens is 2. The number of fused-ring (bicyclic) bond motifs is 3. The first kappa shape index (κ1) is 12.7. The number of hydrogen-bond acceptors (Lipinski definition) is 3. The molecule has 1 aromatic carbocycles. The molecule has 1 aliphatic heterocycles. The number of H-pyrrole nitrogens is 1. The molecule has 0 atom stereocenters. The van der Waals surface area contributed by atoms with E-state index in [1.54, 1.807) is 18.4 Å². The summed E-state index contributed by atoms with van der Waals surface area (Å²) in [7, 11) is 1.74. The summed E-state index contributed by atoms with van der Waals surface area (Å²) in [6, 6.07) is 2.03. The lowest BCUT2D eigenvalue weighted by Gasteiger charge is -2.16. The number of rotatable bonds is 1. The summed E-state index contributed by atoms with van der Waals surface area (Å²) in [4.78, 5) is 25.0. The summed E-state index contributed by atoms with van der Waals surface area (Å²) in [6.07, 6.45) is 2.21. The highest BCUT2D eigenvalue weighted by molar-refractivity contribution is 6.06. The van der Waals surface area contributed by atoms with Gasteiger partial charge in [-0.2, -0.15) is 5.10 Å². The van der Waals surface area contributed by atoms with Crippen LogP contribution in [0.1, 0.15) is 27.2 Å². The Morgan fingerprint density at radius 3 is 2.95 bits per heavy atom. The molecule has 2 heterocycles. The highest BCUT2D eigenvalue weighted by Crippen LogP contribution is 2.30. The maximum Gasteiger partial charge on any atom is 0.269 e. The molecule has 6 nitrogen and oxygen atoms in total. The number of amides is 2. The van der Waals surface area contributed by atoms with Crippen molar-refractivity contribution in [2.45, 2.75) is 19.9 Å². The zero-order valence-electron chi connectivity index (χ0n) is 11.4. The van der Waals surface area contributed by atoms with Crippen molar-refractivity contribution >= 4 is 22.7 Å². The van der Waals surface area contributed by atoms with Gasteiger partial charge in [0.1, 0.15) is 0 Å². The molecule has 0 bridgehead atoms. The lowest BCUT2D eigenvalue weighted by atomic mass is 9.95. The van der Waals surface area contributed by atoms with Crippen LogP contribution >= 0.6 is 0 Å². The number of nitrogens with one attached hydrogen (secondary N) is 1. The molecule has 2 amide bonds. The van der Waals surface area contributed by atoms with E-state index < -0.39 is 5.91 Å². The van der Waals surface area contributed by atoms with Gasteiger partial charge < -0.3 is 10.6 Å². The third kappa shape index (κ3) is 1.76. The van der Waals surface area contributed by atoms with Crippen molar-refractivity contribution in [1.29, 1.82) is 0 Å². The molecule has 0 unspecified atom stereocenters. The summed E-state index contributed by atoms with van der Waals surface area (Å²) in [5, 5.41) is 7.63. The molecule has 1 aliphatic rings. The van der Waals surface area contributed by atoms with E-state index in [4.69, 9.17) is 5.73 Å². The van der Waals surface area contributed by atoms with Crippen LogP contribution in [0.2, 0.25) is 0 Å². The second-order valence-corrected chi connectivity index (χ2v) is 5.12. The van der Waals surface area contributed by atoms with Crippen molar-refractivity contribution in [3.8, 4) is 0 Å². The third-order valence-electron chi connectivity index (χ3n) is 3.74. The Kier molecular flexibility index (Phi) is 2.74. The van der Waals surface area contributed by atoms with E-state index in [9.17, 15) is 9.59 Å². The van der Waals surface area contributed by atoms with Crippen molar-refractivity contribution < 1.29 is 9.59 Å². The monoisotopic (exact) mass is 271 g/mol. The Morgan fingerprint density at radius 2 is 2.25 bits per heavy atom. The molecule has 103 valence electrons. The number of primary amides is 1. The van der Waals surface area contributed by atoms with Gasteiger partial charge in [-0.05, 0) is 30.0 Å². The number of carbonyl (C=O) groups is 2. The van der Waals surface area contributed by atoms with Crippen LogP contribution in [0.3, 0.4) is 0 Å². The third-order valence-corrected chi connectivity index (χ3v) is 3.74. The van der Waals surface area contributed by atoms with Gasteiger partial charge in [-0.15, -0.1) is 0 Å². The minimum absolute atomic E-state index is 0.0175. The van der Waals surface area contributed by atoms with Crippen molar-refractivity contribution in [2.75, 3.05) is 7.05 Å². The molecule has 20 heavy (non-hydrogen) atoms. The summed E-state index contributed by atoms with van der Waals surface area (Å²) in [5.41, 5.74) is 9.41. The number of hydrogen-bond donors (Lipinski definition) is 2. The molecule has 6 heteroatoms. The van der Waals surface area contributed by atoms with E-state index in [1.165, 1.54) is 0 Å². The first-order chi connectivity index (χ1) is 9.49. The van der Waals surface area contributed by atoms with Gasteiger partial charge in [0.15, 0.2) is 5.69 Å². The van der Waals surface area contributed by atoms with E-state index in [2.05, 4.69) is 10.2 Å². The molecule has 3 N–H and O–H groups in total. The highest BCUT2D eigenvalue weighted by Gasteiger charge is 2.24. The van der Waals surface area contributed by atoms with Crippen molar-refractivity contribution in [3.05, 3.63) is 34.9 Å². The van der Waals surface area contributed by atoms with Crippen LogP contribution in [0.25, 0.3) is 10.9 Å². The second-order valence-electron chi connectivity index (χ2n) is 5.12. The van der Waals surface area contributed by atoms with Crippen molar-refractivity contribution in [1.82, 2.24) is 15.1 Å². The quantitative estimate of drug-likeness (QED) is 0.799. The zero-order chi connectivity index (χ0) is 14.4. The minimum atomic E-state index is -0.564. The topological polar surface area (TPSA) is 92.1 Å². The zero-order valence-corrected chi connectivity index (χ0v) is 11.4. The maximum atomic E-state index is 11.8. The Labute approximate surface area is 115 Å². The normalized spacial score (nSPS) is 15.3. The van der Waals surface area contributed by atoms with E-state index >= 15 is 0 Å². The molecule has 2 aromatic rings. The van der Waals surface area contributed by atoms with Gasteiger partial charge in [-0.25, -0.2) is 0 Å². The first-order valence-corrected chi connectivity index (χ1v) is 6.36. The van der Waals surface area contributed by atoms with Gasteiger partial charge >= 0.3 is 0 Å². The second kappa shape index (κ2) is 4.33. The lowest BCUT2D eigenvalue weighted by Crippen LogP contribution is -2.24. The predicted molar refractivity (Wildman–Crippen MR) is 73.8 cm³/mol. The fraction of sp³-hybridized carbons (Fsp3) is 0.286. The average molecular weight is 271 g/mol. The molecular formula is C14H15N4O2. The van der Waals surface area contributed by atoms with E-state index in [1.807, 2.05) is 13.0 Å². The van der Waals surface area contributed by atoms with Gasteiger partial charge in [-0.3, -0.25) is 14.7 Å². The fourth-order valence-corrected chi connectivity index (χ4v) is 2.71. The van der Waals surface area contributed by atoms with E-state index in [0.717, 1.165) is 27.6 Å². The molecule has 1 aromatic heterocycles.